The molecule has 0 spiro atoms. The molecule has 0 radical (unpaired) electrons. The van der Waals surface area contributed by atoms with Crippen molar-refractivity contribution in [3.05, 3.63) is 60.7 Å². The quantitative estimate of drug-likeness (QED) is 0.761. The van der Waals surface area contributed by atoms with Gasteiger partial charge < -0.3 is 14.3 Å². The van der Waals surface area contributed by atoms with Crippen molar-refractivity contribution >= 4 is 25.3 Å². The minimum Gasteiger partial charge on any atom is -0.386 e. The Labute approximate surface area is 147 Å². The van der Waals surface area contributed by atoms with Crippen molar-refractivity contribution in [3.63, 3.8) is 0 Å². The summed E-state index contributed by atoms with van der Waals surface area (Å²) in [5.74, 6) is 0. The smallest absolute Gasteiger partial charge is 0.331 e. The molecule has 0 atom stereocenters. The van der Waals surface area contributed by atoms with E-state index in [0.29, 0.717) is 14.0 Å². The molecule has 124 valence electrons. The number of hydrogen-bond acceptors (Lipinski definition) is 3. The van der Waals surface area contributed by atoms with Crippen LogP contribution in [0.15, 0.2) is 60.7 Å². The van der Waals surface area contributed by atoms with E-state index in [9.17, 15) is 0 Å². The SMILES string of the molecule is CCCCN1B(C)N(c2ccccc2)CN(c2ccccc2)B1C. The largest absolute Gasteiger partial charge is 0.386 e. The Balaban J connectivity index is 1.92. The zero-order valence-corrected chi connectivity index (χ0v) is 15.1. The summed E-state index contributed by atoms with van der Waals surface area (Å²) in [5, 5.41) is 0. The van der Waals surface area contributed by atoms with Crippen LogP contribution in [0.3, 0.4) is 0 Å². The molecule has 0 saturated carbocycles. The highest BCUT2D eigenvalue weighted by atomic mass is 15.4. The van der Waals surface area contributed by atoms with Gasteiger partial charge >= 0.3 is 14.0 Å². The molecule has 0 N–H and O–H groups in total. The van der Waals surface area contributed by atoms with Gasteiger partial charge in [0.1, 0.15) is 0 Å². The molecule has 3 nitrogen and oxygen atoms in total. The lowest BCUT2D eigenvalue weighted by Crippen LogP contribution is -2.70. The van der Waals surface area contributed by atoms with Crippen LogP contribution in [0.4, 0.5) is 11.4 Å². The second-order valence-corrected chi connectivity index (χ2v) is 6.61. The second-order valence-electron chi connectivity index (χ2n) is 6.61. The summed E-state index contributed by atoms with van der Waals surface area (Å²) < 4.78 is 2.62. The number of para-hydroxylation sites is 2. The molecular weight excluding hydrogens is 292 g/mol. The Morgan fingerprint density at radius 3 is 1.67 bits per heavy atom. The highest BCUT2D eigenvalue weighted by molar-refractivity contribution is 6.77. The Morgan fingerprint density at radius 1 is 0.792 bits per heavy atom. The summed E-state index contributed by atoms with van der Waals surface area (Å²) in [5.41, 5.74) is 2.58. The van der Waals surface area contributed by atoms with Gasteiger partial charge in [-0.15, -0.1) is 0 Å². The van der Waals surface area contributed by atoms with E-state index >= 15 is 0 Å². The molecule has 5 heteroatoms. The summed E-state index contributed by atoms with van der Waals surface area (Å²) in [6.45, 7) is 9.78. The summed E-state index contributed by atoms with van der Waals surface area (Å²) in [7, 11) is 0. The van der Waals surface area contributed by atoms with E-state index in [1.165, 1.54) is 24.2 Å². The van der Waals surface area contributed by atoms with Gasteiger partial charge in [0.2, 0.25) is 0 Å². The number of nitrogens with zero attached hydrogens (tertiary/aromatic N) is 3. The molecule has 2 aromatic carbocycles. The van der Waals surface area contributed by atoms with Gasteiger partial charge in [-0.3, -0.25) is 0 Å². The highest BCUT2D eigenvalue weighted by Crippen LogP contribution is 2.27. The van der Waals surface area contributed by atoms with Crippen molar-refractivity contribution in [1.29, 1.82) is 0 Å². The van der Waals surface area contributed by atoms with Gasteiger partial charge in [0.25, 0.3) is 0 Å². The molecule has 0 amide bonds. The minimum atomic E-state index is 0.397. The molecule has 0 bridgehead atoms. The van der Waals surface area contributed by atoms with Crippen LogP contribution in [0.25, 0.3) is 0 Å². The fourth-order valence-electron chi connectivity index (χ4n) is 3.62. The van der Waals surface area contributed by atoms with Crippen LogP contribution in [-0.2, 0) is 0 Å². The molecule has 3 rings (SSSR count). The van der Waals surface area contributed by atoms with E-state index in [0.717, 1.165) is 13.2 Å². The van der Waals surface area contributed by atoms with Crippen molar-refractivity contribution in [3.8, 4) is 0 Å². The zero-order valence-electron chi connectivity index (χ0n) is 15.1. The maximum Gasteiger partial charge on any atom is 0.331 e. The standard InChI is InChI=1S/C19H27B2N3/c1-4-5-16-24-20(2)22(18-12-8-6-9-13-18)17-23(21(24)3)19-14-10-7-11-15-19/h6-15H,4-5,16-17H2,1-3H3. The third-order valence-electron chi connectivity index (χ3n) is 5.11. The van der Waals surface area contributed by atoms with Crippen LogP contribution < -0.4 is 9.62 Å². The first kappa shape index (κ1) is 17.0. The summed E-state index contributed by atoms with van der Waals surface area (Å²) in [4.78, 5) is 5.01. The molecule has 1 heterocycles. The molecule has 0 aromatic heterocycles. The van der Waals surface area contributed by atoms with Crippen molar-refractivity contribution in [2.45, 2.75) is 33.4 Å². The van der Waals surface area contributed by atoms with Crippen LogP contribution in [-0.4, -0.2) is 31.9 Å². The van der Waals surface area contributed by atoms with Gasteiger partial charge in [-0.25, -0.2) is 0 Å². The number of benzene rings is 2. The highest BCUT2D eigenvalue weighted by Gasteiger charge is 2.40. The summed E-state index contributed by atoms with van der Waals surface area (Å²) in [6, 6.07) is 21.6. The number of rotatable bonds is 5. The third-order valence-corrected chi connectivity index (χ3v) is 5.11. The van der Waals surface area contributed by atoms with Gasteiger partial charge in [0.15, 0.2) is 0 Å². The van der Waals surface area contributed by atoms with Gasteiger partial charge in [0, 0.05) is 11.4 Å². The Kier molecular flexibility index (Phi) is 5.52. The van der Waals surface area contributed by atoms with E-state index < -0.39 is 0 Å². The molecular formula is C19H27B2N3. The Bertz CT molecular complexity index is 572. The first-order chi connectivity index (χ1) is 11.7. The topological polar surface area (TPSA) is 9.72 Å². The normalized spacial score (nSPS) is 16.0. The van der Waals surface area contributed by atoms with Crippen molar-refractivity contribution in [2.75, 3.05) is 22.8 Å². The first-order valence-corrected chi connectivity index (χ1v) is 9.11. The lowest BCUT2D eigenvalue weighted by Gasteiger charge is -2.50. The maximum atomic E-state index is 2.62. The lowest BCUT2D eigenvalue weighted by atomic mass is 9.57. The second kappa shape index (κ2) is 7.80. The molecule has 1 fully saturated rings. The van der Waals surface area contributed by atoms with Gasteiger partial charge in [-0.2, -0.15) is 0 Å². The van der Waals surface area contributed by atoms with Gasteiger partial charge in [-0.1, -0.05) is 63.4 Å². The number of unbranched alkanes of at least 4 members (excludes halogenated alkanes) is 1. The van der Waals surface area contributed by atoms with Crippen molar-refractivity contribution in [1.82, 2.24) is 4.72 Å². The number of anilines is 2. The molecule has 0 aliphatic carbocycles. The predicted octanol–water partition coefficient (Wildman–Crippen LogP) is 4.31. The molecule has 24 heavy (non-hydrogen) atoms. The fraction of sp³-hybridized carbons (Fsp3) is 0.368. The summed E-state index contributed by atoms with van der Waals surface area (Å²) in [6.07, 6.45) is 2.46. The lowest BCUT2D eigenvalue weighted by molar-refractivity contribution is 0.570. The molecule has 1 aliphatic rings. The molecule has 1 aliphatic heterocycles. The van der Waals surface area contributed by atoms with E-state index in [1.807, 2.05) is 0 Å². The van der Waals surface area contributed by atoms with E-state index in [2.05, 4.69) is 95.6 Å². The average Bonchev–Trinajstić information content (AvgIpc) is 2.63. The summed E-state index contributed by atoms with van der Waals surface area (Å²) >= 11 is 0. The van der Waals surface area contributed by atoms with E-state index in [-0.39, 0.29) is 0 Å². The van der Waals surface area contributed by atoms with Gasteiger partial charge in [0.05, 0.1) is 6.67 Å². The maximum absolute atomic E-state index is 2.62. The molecule has 1 saturated heterocycles. The van der Waals surface area contributed by atoms with Crippen LogP contribution in [0.1, 0.15) is 19.8 Å². The Morgan fingerprint density at radius 2 is 1.25 bits per heavy atom. The predicted molar refractivity (Wildman–Crippen MR) is 108 cm³/mol. The van der Waals surface area contributed by atoms with Crippen LogP contribution >= 0.6 is 0 Å². The van der Waals surface area contributed by atoms with E-state index in [4.69, 9.17) is 0 Å². The molecule has 2 aromatic rings. The van der Waals surface area contributed by atoms with E-state index in [1.54, 1.807) is 0 Å². The van der Waals surface area contributed by atoms with Crippen LogP contribution in [0, 0.1) is 0 Å². The third kappa shape index (κ3) is 3.46. The van der Waals surface area contributed by atoms with Crippen LogP contribution in [0.5, 0.6) is 0 Å². The fourth-order valence-corrected chi connectivity index (χ4v) is 3.62. The Hall–Kier alpha value is -1.87. The monoisotopic (exact) mass is 319 g/mol. The zero-order chi connectivity index (χ0) is 16.9. The van der Waals surface area contributed by atoms with Gasteiger partial charge in [-0.05, 0) is 37.2 Å². The van der Waals surface area contributed by atoms with Crippen LogP contribution in [0.2, 0.25) is 13.6 Å². The number of hydrogen-bond donors (Lipinski definition) is 0. The minimum absolute atomic E-state index is 0.397. The molecule has 0 unspecified atom stereocenters. The van der Waals surface area contributed by atoms with Crippen molar-refractivity contribution in [2.24, 2.45) is 0 Å². The first-order valence-electron chi connectivity index (χ1n) is 9.11. The average molecular weight is 319 g/mol. The van der Waals surface area contributed by atoms with Crippen molar-refractivity contribution < 1.29 is 0 Å².